The van der Waals surface area contributed by atoms with Crippen LogP contribution in [0.1, 0.15) is 23.6 Å². The zero-order valence-electron chi connectivity index (χ0n) is 13.0. The van der Waals surface area contributed by atoms with Crippen molar-refractivity contribution in [1.29, 1.82) is 0 Å². The number of alkyl halides is 3. The molecule has 1 aliphatic rings. The first kappa shape index (κ1) is 17.1. The molecule has 0 fully saturated rings. The van der Waals surface area contributed by atoms with Crippen LogP contribution >= 0.6 is 0 Å². The number of aromatic nitrogens is 1. The van der Waals surface area contributed by atoms with E-state index in [0.717, 1.165) is 17.8 Å². The smallest absolute Gasteiger partial charge is 0.433 e. The Morgan fingerprint density at radius 2 is 2.16 bits per heavy atom. The highest BCUT2D eigenvalue weighted by Crippen LogP contribution is 2.41. The summed E-state index contributed by atoms with van der Waals surface area (Å²) < 4.78 is 44.4. The molecule has 8 heteroatoms. The third-order valence-corrected chi connectivity index (χ3v) is 4.06. The number of amides is 1. The van der Waals surface area contributed by atoms with Gasteiger partial charge in [-0.2, -0.15) is 13.2 Å². The first-order chi connectivity index (χ1) is 11.9. The second kappa shape index (κ2) is 6.62. The van der Waals surface area contributed by atoms with Crippen LogP contribution in [0, 0.1) is 0 Å². The molecule has 0 saturated heterocycles. The van der Waals surface area contributed by atoms with Gasteiger partial charge in [-0.25, -0.2) is 4.79 Å². The van der Waals surface area contributed by atoms with Gasteiger partial charge in [-0.1, -0.05) is 18.2 Å². The van der Waals surface area contributed by atoms with Crippen molar-refractivity contribution in [2.75, 3.05) is 13.2 Å². The highest BCUT2D eigenvalue weighted by Gasteiger charge is 2.33. The van der Waals surface area contributed by atoms with E-state index in [9.17, 15) is 18.0 Å². The number of para-hydroxylation sites is 1. The van der Waals surface area contributed by atoms with Gasteiger partial charge in [0, 0.05) is 24.2 Å². The summed E-state index contributed by atoms with van der Waals surface area (Å²) in [5, 5.41) is 11.1. The molecular weight excluding hydrogens is 337 g/mol. The first-order valence-electron chi connectivity index (χ1n) is 7.62. The number of pyridine rings is 1. The zero-order chi connectivity index (χ0) is 18.0. The molecule has 0 aliphatic carbocycles. The Kier molecular flexibility index (Phi) is 4.52. The summed E-state index contributed by atoms with van der Waals surface area (Å²) >= 11 is 0. The second-order valence-corrected chi connectivity index (χ2v) is 5.67. The molecule has 1 aromatic heterocycles. The van der Waals surface area contributed by atoms with Crippen LogP contribution in [0.25, 0.3) is 11.1 Å². The van der Waals surface area contributed by atoms with Crippen molar-refractivity contribution in [2.45, 2.75) is 18.5 Å². The van der Waals surface area contributed by atoms with Crippen LogP contribution < -0.4 is 10.1 Å². The fourth-order valence-electron chi connectivity index (χ4n) is 2.90. The van der Waals surface area contributed by atoms with E-state index in [-0.39, 0.29) is 12.5 Å². The van der Waals surface area contributed by atoms with Gasteiger partial charge in [-0.05, 0) is 29.7 Å². The van der Waals surface area contributed by atoms with Gasteiger partial charge in [0.1, 0.15) is 11.4 Å². The molecule has 5 nitrogen and oxygen atoms in total. The lowest BCUT2D eigenvalue weighted by Gasteiger charge is -2.27. The Balaban J connectivity index is 1.99. The molecule has 1 amide bonds. The van der Waals surface area contributed by atoms with Crippen LogP contribution in [0.4, 0.5) is 18.0 Å². The molecule has 2 aromatic rings. The first-order valence-corrected chi connectivity index (χ1v) is 7.62. The quantitative estimate of drug-likeness (QED) is 0.879. The van der Waals surface area contributed by atoms with E-state index in [1.807, 2.05) is 0 Å². The average Bonchev–Trinajstić information content (AvgIpc) is 2.58. The molecular formula is C17H15F3N2O3. The van der Waals surface area contributed by atoms with Gasteiger partial charge in [-0.3, -0.25) is 4.98 Å². The lowest BCUT2D eigenvalue weighted by molar-refractivity contribution is -0.141. The zero-order valence-corrected chi connectivity index (χ0v) is 13.0. The summed E-state index contributed by atoms with van der Waals surface area (Å²) in [6.07, 6.45) is -3.90. The molecule has 0 saturated carbocycles. The van der Waals surface area contributed by atoms with Gasteiger partial charge < -0.3 is 15.2 Å². The van der Waals surface area contributed by atoms with E-state index in [2.05, 4.69) is 10.3 Å². The third-order valence-electron chi connectivity index (χ3n) is 4.06. The van der Waals surface area contributed by atoms with Crippen molar-refractivity contribution < 1.29 is 27.8 Å². The maximum atomic E-state index is 12.9. The summed E-state index contributed by atoms with van der Waals surface area (Å²) in [6.45, 7) is 0.590. The number of benzene rings is 1. The minimum atomic E-state index is -4.53. The second-order valence-electron chi connectivity index (χ2n) is 5.67. The number of carbonyl (C=O) groups is 1. The molecule has 0 bridgehead atoms. The highest BCUT2D eigenvalue weighted by atomic mass is 19.4. The minimum Gasteiger partial charge on any atom is -0.493 e. The molecule has 1 aromatic carbocycles. The number of halogens is 3. The number of carboxylic acid groups (broad SMARTS) is 1. The normalized spacial score (nSPS) is 16.7. The number of hydrogen-bond acceptors (Lipinski definition) is 3. The summed E-state index contributed by atoms with van der Waals surface area (Å²) in [5.74, 6) is 0.397. The number of rotatable bonds is 3. The standard InChI is InChI=1S/C17H15F3N2O3/c18-17(19,20)14-8-10(4-6-21-14)12-2-1-3-13-11(9-22-16(23)24)5-7-25-15(12)13/h1-4,6,8,11,22H,5,7,9H2,(H,23,24)/t11-/m0/s1. The highest BCUT2D eigenvalue weighted by molar-refractivity contribution is 5.73. The van der Waals surface area contributed by atoms with Gasteiger partial charge in [0.25, 0.3) is 0 Å². The molecule has 2 N–H and O–H groups in total. The fraction of sp³-hybridized carbons (Fsp3) is 0.294. The fourth-order valence-corrected chi connectivity index (χ4v) is 2.90. The Hall–Kier alpha value is -2.77. The van der Waals surface area contributed by atoms with E-state index in [4.69, 9.17) is 9.84 Å². The number of ether oxygens (including phenoxy) is 1. The van der Waals surface area contributed by atoms with Crippen molar-refractivity contribution in [3.8, 4) is 16.9 Å². The number of fused-ring (bicyclic) bond motifs is 1. The lowest BCUT2D eigenvalue weighted by Crippen LogP contribution is -2.29. The molecule has 0 spiro atoms. The van der Waals surface area contributed by atoms with Crippen molar-refractivity contribution in [3.05, 3.63) is 47.8 Å². The predicted molar refractivity (Wildman–Crippen MR) is 83.6 cm³/mol. The lowest BCUT2D eigenvalue weighted by atomic mass is 9.89. The van der Waals surface area contributed by atoms with E-state index in [1.165, 1.54) is 6.07 Å². The van der Waals surface area contributed by atoms with Crippen molar-refractivity contribution in [3.63, 3.8) is 0 Å². The SMILES string of the molecule is O=C(O)NC[C@@H]1CCOc2c(-c3ccnc(C(F)(F)F)c3)cccc21. The van der Waals surface area contributed by atoms with E-state index >= 15 is 0 Å². The maximum Gasteiger partial charge on any atom is 0.433 e. The van der Waals surface area contributed by atoms with Crippen LogP contribution in [0.2, 0.25) is 0 Å². The Morgan fingerprint density at radius 1 is 1.36 bits per heavy atom. The summed E-state index contributed by atoms with van der Waals surface area (Å²) in [4.78, 5) is 14.1. The van der Waals surface area contributed by atoms with Crippen LogP contribution in [0.15, 0.2) is 36.5 Å². The Morgan fingerprint density at radius 3 is 2.88 bits per heavy atom. The van der Waals surface area contributed by atoms with Crippen LogP contribution in [-0.4, -0.2) is 29.3 Å². The van der Waals surface area contributed by atoms with Crippen LogP contribution in [-0.2, 0) is 6.18 Å². The van der Waals surface area contributed by atoms with Gasteiger partial charge >= 0.3 is 12.3 Å². The topological polar surface area (TPSA) is 71.5 Å². The van der Waals surface area contributed by atoms with Crippen molar-refractivity contribution in [2.24, 2.45) is 0 Å². The Labute approximate surface area is 141 Å². The Bertz CT molecular complexity index is 793. The average molecular weight is 352 g/mol. The number of nitrogens with zero attached hydrogens (tertiary/aromatic N) is 1. The van der Waals surface area contributed by atoms with Crippen LogP contribution in [0.3, 0.4) is 0 Å². The summed E-state index contributed by atoms with van der Waals surface area (Å²) in [6, 6.07) is 7.69. The van der Waals surface area contributed by atoms with Crippen LogP contribution in [0.5, 0.6) is 5.75 Å². The van der Waals surface area contributed by atoms with Gasteiger partial charge in [0.05, 0.1) is 6.61 Å². The largest absolute Gasteiger partial charge is 0.493 e. The molecule has 3 rings (SSSR count). The van der Waals surface area contributed by atoms with Gasteiger partial charge in [-0.15, -0.1) is 0 Å². The molecule has 1 aliphatic heterocycles. The van der Waals surface area contributed by atoms with Gasteiger partial charge in [0.2, 0.25) is 0 Å². The molecule has 0 radical (unpaired) electrons. The molecule has 132 valence electrons. The van der Waals surface area contributed by atoms with Crippen molar-refractivity contribution >= 4 is 6.09 Å². The molecule has 1 atom stereocenters. The molecule has 2 heterocycles. The van der Waals surface area contributed by atoms with E-state index in [0.29, 0.717) is 29.9 Å². The summed E-state index contributed by atoms with van der Waals surface area (Å²) in [5.41, 5.74) is 0.696. The predicted octanol–water partition coefficient (Wildman–Crippen LogP) is 3.90. The molecule has 25 heavy (non-hydrogen) atoms. The maximum absolute atomic E-state index is 12.9. The van der Waals surface area contributed by atoms with E-state index < -0.39 is 18.0 Å². The monoisotopic (exact) mass is 352 g/mol. The van der Waals surface area contributed by atoms with Gasteiger partial charge in [0.15, 0.2) is 0 Å². The summed E-state index contributed by atoms with van der Waals surface area (Å²) in [7, 11) is 0. The molecule has 0 unspecified atom stereocenters. The minimum absolute atomic E-state index is 0.0938. The van der Waals surface area contributed by atoms with Crippen molar-refractivity contribution in [1.82, 2.24) is 10.3 Å². The third kappa shape index (κ3) is 3.67. The number of nitrogens with one attached hydrogen (secondary N) is 1. The van der Waals surface area contributed by atoms with E-state index in [1.54, 1.807) is 18.2 Å². The number of hydrogen-bond donors (Lipinski definition) is 2.